The van der Waals surface area contributed by atoms with Crippen molar-refractivity contribution in [2.45, 2.75) is 13.3 Å². The lowest BCUT2D eigenvalue weighted by atomic mass is 10.3. The maximum atomic E-state index is 11.9. The third-order valence-corrected chi connectivity index (χ3v) is 2.90. The Morgan fingerprint density at radius 3 is 2.36 bits per heavy atom. The van der Waals surface area contributed by atoms with Gasteiger partial charge in [0.05, 0.1) is 12.2 Å². The summed E-state index contributed by atoms with van der Waals surface area (Å²) in [6, 6.07) is 16.5. The van der Waals surface area contributed by atoms with Gasteiger partial charge < -0.3 is 15.4 Å². The first-order valence-corrected chi connectivity index (χ1v) is 7.07. The number of hydrogen-bond donors (Lipinski definition) is 2. The highest BCUT2D eigenvalue weighted by Gasteiger charge is 2.09. The SMILES string of the molecule is CCC(=O)NCC(=O)Nc1ccccc1Oc1ccccc1. The van der Waals surface area contributed by atoms with Crippen LogP contribution >= 0.6 is 0 Å². The summed E-state index contributed by atoms with van der Waals surface area (Å²) >= 11 is 0. The quantitative estimate of drug-likeness (QED) is 0.861. The van der Waals surface area contributed by atoms with Crippen LogP contribution in [0.1, 0.15) is 13.3 Å². The third-order valence-electron chi connectivity index (χ3n) is 2.90. The Morgan fingerprint density at radius 2 is 1.64 bits per heavy atom. The summed E-state index contributed by atoms with van der Waals surface area (Å²) in [7, 11) is 0. The van der Waals surface area contributed by atoms with Crippen LogP contribution in [0.3, 0.4) is 0 Å². The van der Waals surface area contributed by atoms with Gasteiger partial charge in [0.25, 0.3) is 0 Å². The van der Waals surface area contributed by atoms with Gasteiger partial charge in [0.1, 0.15) is 5.75 Å². The van der Waals surface area contributed by atoms with Gasteiger partial charge in [0, 0.05) is 6.42 Å². The van der Waals surface area contributed by atoms with Crippen molar-refractivity contribution in [3.05, 3.63) is 54.6 Å². The van der Waals surface area contributed by atoms with Crippen molar-refractivity contribution < 1.29 is 14.3 Å². The minimum atomic E-state index is -0.300. The molecule has 0 fully saturated rings. The molecule has 2 aromatic rings. The molecule has 2 amide bonds. The van der Waals surface area contributed by atoms with Gasteiger partial charge in [-0.25, -0.2) is 0 Å². The average Bonchev–Trinajstić information content (AvgIpc) is 2.55. The van der Waals surface area contributed by atoms with Crippen LogP contribution in [0.15, 0.2) is 54.6 Å². The predicted octanol–water partition coefficient (Wildman–Crippen LogP) is 2.94. The molecule has 2 aromatic carbocycles. The number of benzene rings is 2. The number of hydrogen-bond acceptors (Lipinski definition) is 3. The van der Waals surface area contributed by atoms with E-state index in [0.717, 1.165) is 0 Å². The topological polar surface area (TPSA) is 67.4 Å². The largest absolute Gasteiger partial charge is 0.455 e. The number of anilines is 1. The predicted molar refractivity (Wildman–Crippen MR) is 84.9 cm³/mol. The average molecular weight is 298 g/mol. The molecule has 2 rings (SSSR count). The van der Waals surface area contributed by atoms with Gasteiger partial charge in [-0.2, -0.15) is 0 Å². The summed E-state index contributed by atoms with van der Waals surface area (Å²) in [5.74, 6) is 0.766. The van der Waals surface area contributed by atoms with Gasteiger partial charge in [0.15, 0.2) is 5.75 Å². The van der Waals surface area contributed by atoms with Crippen LogP contribution < -0.4 is 15.4 Å². The highest BCUT2D eigenvalue weighted by atomic mass is 16.5. The van der Waals surface area contributed by atoms with Crippen molar-refractivity contribution in [2.24, 2.45) is 0 Å². The second kappa shape index (κ2) is 7.83. The number of nitrogens with one attached hydrogen (secondary N) is 2. The van der Waals surface area contributed by atoms with Crippen molar-refractivity contribution in [2.75, 3.05) is 11.9 Å². The van der Waals surface area contributed by atoms with E-state index in [9.17, 15) is 9.59 Å². The van der Waals surface area contributed by atoms with Gasteiger partial charge >= 0.3 is 0 Å². The van der Waals surface area contributed by atoms with E-state index in [-0.39, 0.29) is 18.4 Å². The van der Waals surface area contributed by atoms with Gasteiger partial charge in [-0.3, -0.25) is 9.59 Å². The van der Waals surface area contributed by atoms with E-state index in [2.05, 4.69) is 10.6 Å². The van der Waals surface area contributed by atoms with Crippen LogP contribution in [0, 0.1) is 0 Å². The second-order valence-corrected chi connectivity index (χ2v) is 4.59. The van der Waals surface area contributed by atoms with E-state index in [1.807, 2.05) is 36.4 Å². The normalized spacial score (nSPS) is 9.86. The molecule has 0 saturated carbocycles. The molecule has 22 heavy (non-hydrogen) atoms. The van der Waals surface area contributed by atoms with Crippen LogP contribution in [0.2, 0.25) is 0 Å². The molecule has 2 N–H and O–H groups in total. The van der Waals surface area contributed by atoms with Gasteiger partial charge in [-0.1, -0.05) is 37.3 Å². The van der Waals surface area contributed by atoms with E-state index in [1.54, 1.807) is 25.1 Å². The molecular weight excluding hydrogens is 280 g/mol. The van der Waals surface area contributed by atoms with Crippen molar-refractivity contribution in [3.63, 3.8) is 0 Å². The zero-order valence-electron chi connectivity index (χ0n) is 12.3. The molecule has 5 heteroatoms. The highest BCUT2D eigenvalue weighted by molar-refractivity contribution is 5.95. The first-order chi connectivity index (χ1) is 10.7. The number of carbonyl (C=O) groups is 2. The molecule has 0 radical (unpaired) electrons. The first-order valence-electron chi connectivity index (χ1n) is 7.07. The molecule has 0 atom stereocenters. The lowest BCUT2D eigenvalue weighted by Gasteiger charge is -2.12. The molecule has 0 saturated heterocycles. The number of ether oxygens (including phenoxy) is 1. The van der Waals surface area contributed by atoms with Crippen molar-refractivity contribution >= 4 is 17.5 Å². The Hall–Kier alpha value is -2.82. The summed E-state index contributed by atoms with van der Waals surface area (Å²) in [5.41, 5.74) is 0.558. The van der Waals surface area contributed by atoms with E-state index in [4.69, 9.17) is 4.74 Å². The number of para-hydroxylation sites is 3. The number of rotatable bonds is 6. The Labute approximate surface area is 129 Å². The van der Waals surface area contributed by atoms with Crippen molar-refractivity contribution in [1.29, 1.82) is 0 Å². The van der Waals surface area contributed by atoms with Gasteiger partial charge in [-0.05, 0) is 24.3 Å². The molecule has 0 unspecified atom stereocenters. The van der Waals surface area contributed by atoms with Crippen LogP contribution in [-0.2, 0) is 9.59 Å². The van der Waals surface area contributed by atoms with Crippen LogP contribution in [0.5, 0.6) is 11.5 Å². The molecule has 5 nitrogen and oxygen atoms in total. The fourth-order valence-corrected chi connectivity index (χ4v) is 1.77. The minimum Gasteiger partial charge on any atom is -0.455 e. The number of amides is 2. The van der Waals surface area contributed by atoms with Crippen LogP contribution in [-0.4, -0.2) is 18.4 Å². The summed E-state index contributed by atoms with van der Waals surface area (Å²) in [6.07, 6.45) is 0.348. The van der Waals surface area contributed by atoms with Crippen LogP contribution in [0.25, 0.3) is 0 Å². The van der Waals surface area contributed by atoms with E-state index in [1.165, 1.54) is 0 Å². The lowest BCUT2D eigenvalue weighted by Crippen LogP contribution is -2.32. The standard InChI is InChI=1S/C17H18N2O3/c1-2-16(20)18-12-17(21)19-14-10-6-7-11-15(14)22-13-8-4-3-5-9-13/h3-11H,2,12H2,1H3,(H,18,20)(H,19,21). The summed E-state index contributed by atoms with van der Waals surface area (Å²) < 4.78 is 5.76. The zero-order chi connectivity index (χ0) is 15.8. The van der Waals surface area contributed by atoms with E-state index in [0.29, 0.717) is 23.6 Å². The molecule has 0 aliphatic rings. The molecule has 0 aromatic heterocycles. The summed E-state index contributed by atoms with van der Waals surface area (Å²) in [5, 5.41) is 5.26. The number of carbonyl (C=O) groups excluding carboxylic acids is 2. The van der Waals surface area contributed by atoms with E-state index < -0.39 is 0 Å². The monoisotopic (exact) mass is 298 g/mol. The maximum absolute atomic E-state index is 11.9. The molecule has 114 valence electrons. The fraction of sp³-hybridized carbons (Fsp3) is 0.176. The molecule has 0 spiro atoms. The molecule has 0 heterocycles. The molecular formula is C17H18N2O3. The smallest absolute Gasteiger partial charge is 0.243 e. The van der Waals surface area contributed by atoms with Crippen LogP contribution in [0.4, 0.5) is 5.69 Å². The molecule has 0 aliphatic heterocycles. The summed E-state index contributed by atoms with van der Waals surface area (Å²) in [4.78, 5) is 23.0. The van der Waals surface area contributed by atoms with Gasteiger partial charge in [0.2, 0.25) is 11.8 Å². The van der Waals surface area contributed by atoms with Crippen molar-refractivity contribution in [1.82, 2.24) is 5.32 Å². The Bertz CT molecular complexity index is 641. The minimum absolute atomic E-state index is 0.0632. The van der Waals surface area contributed by atoms with E-state index >= 15 is 0 Å². The Balaban J connectivity index is 2.02. The Kier molecular flexibility index (Phi) is 5.54. The third kappa shape index (κ3) is 4.63. The molecule has 0 aliphatic carbocycles. The Morgan fingerprint density at radius 1 is 0.955 bits per heavy atom. The fourth-order valence-electron chi connectivity index (χ4n) is 1.77. The lowest BCUT2D eigenvalue weighted by molar-refractivity contribution is -0.123. The first kappa shape index (κ1) is 15.6. The molecule has 0 bridgehead atoms. The maximum Gasteiger partial charge on any atom is 0.243 e. The van der Waals surface area contributed by atoms with Crippen molar-refractivity contribution in [3.8, 4) is 11.5 Å². The second-order valence-electron chi connectivity index (χ2n) is 4.59. The van der Waals surface area contributed by atoms with Gasteiger partial charge in [-0.15, -0.1) is 0 Å². The highest BCUT2D eigenvalue weighted by Crippen LogP contribution is 2.28. The zero-order valence-corrected chi connectivity index (χ0v) is 12.3. The summed E-state index contributed by atoms with van der Waals surface area (Å²) in [6.45, 7) is 1.67.